The molecule has 0 saturated heterocycles. The van der Waals surface area contributed by atoms with Crippen molar-refractivity contribution >= 4 is 17.2 Å². The molecule has 1 N–H and O–H groups in total. The number of thiazole rings is 1. The summed E-state index contributed by atoms with van der Waals surface area (Å²) in [6.07, 6.45) is 0.949. The van der Waals surface area contributed by atoms with E-state index in [1.165, 1.54) is 11.3 Å². The number of rotatable bonds is 10. The van der Waals surface area contributed by atoms with E-state index in [1.807, 2.05) is 31.2 Å². The van der Waals surface area contributed by atoms with Crippen molar-refractivity contribution in [3.8, 4) is 27.4 Å². The fourth-order valence-corrected chi connectivity index (χ4v) is 4.43. The molecule has 0 saturated carbocycles. The summed E-state index contributed by atoms with van der Waals surface area (Å²) < 4.78 is 5.22. The molecule has 5 nitrogen and oxygen atoms in total. The molecule has 31 heavy (non-hydrogen) atoms. The Hall–Kier alpha value is -2.70. The number of benzene rings is 2. The van der Waals surface area contributed by atoms with Gasteiger partial charge < -0.3 is 15.0 Å². The van der Waals surface area contributed by atoms with Crippen molar-refractivity contribution in [3.63, 3.8) is 0 Å². The smallest absolute Gasteiger partial charge is 0.263 e. The monoisotopic (exact) mass is 437 g/mol. The third-order valence-corrected chi connectivity index (χ3v) is 6.59. The van der Waals surface area contributed by atoms with Crippen molar-refractivity contribution in [1.29, 1.82) is 0 Å². The third kappa shape index (κ3) is 5.93. The molecule has 1 heterocycles. The maximum absolute atomic E-state index is 12.6. The van der Waals surface area contributed by atoms with Gasteiger partial charge in [-0.2, -0.15) is 0 Å². The topological polar surface area (TPSA) is 54.5 Å². The number of aryl methyl sites for hydroxylation is 1. The Bertz CT molecular complexity index is 977. The van der Waals surface area contributed by atoms with E-state index in [4.69, 9.17) is 4.74 Å². The van der Waals surface area contributed by atoms with E-state index in [2.05, 4.69) is 53.3 Å². The minimum atomic E-state index is -0.0318. The minimum absolute atomic E-state index is 0.0318. The molecule has 3 aromatic rings. The lowest BCUT2D eigenvalue weighted by atomic mass is 10.0. The van der Waals surface area contributed by atoms with E-state index < -0.39 is 0 Å². The maximum Gasteiger partial charge on any atom is 0.263 e. The lowest BCUT2D eigenvalue weighted by Crippen LogP contribution is -2.29. The van der Waals surface area contributed by atoms with E-state index in [9.17, 15) is 4.79 Å². The third-order valence-electron chi connectivity index (χ3n) is 5.39. The molecule has 2 aromatic carbocycles. The summed E-state index contributed by atoms with van der Waals surface area (Å²) in [6, 6.07) is 16.3. The molecule has 0 aliphatic rings. The Morgan fingerprint density at radius 1 is 1.00 bits per heavy atom. The summed E-state index contributed by atoms with van der Waals surface area (Å²) in [5.74, 6) is 0.813. The Labute approximate surface area is 189 Å². The van der Waals surface area contributed by atoms with Gasteiger partial charge in [0, 0.05) is 12.1 Å². The van der Waals surface area contributed by atoms with E-state index in [1.54, 1.807) is 7.11 Å². The minimum Gasteiger partial charge on any atom is -0.497 e. The lowest BCUT2D eigenvalue weighted by molar-refractivity contribution is 0.0955. The molecule has 164 valence electrons. The Kier molecular flexibility index (Phi) is 8.20. The average Bonchev–Trinajstić information content (AvgIpc) is 3.21. The van der Waals surface area contributed by atoms with Crippen molar-refractivity contribution in [2.45, 2.75) is 27.2 Å². The second-order valence-corrected chi connectivity index (χ2v) is 8.37. The molecule has 1 aromatic heterocycles. The van der Waals surface area contributed by atoms with Gasteiger partial charge in [-0.3, -0.25) is 4.79 Å². The molecule has 0 fully saturated rings. The van der Waals surface area contributed by atoms with Crippen LogP contribution in [-0.4, -0.2) is 49.1 Å². The van der Waals surface area contributed by atoms with Crippen LogP contribution in [0.3, 0.4) is 0 Å². The molecule has 0 radical (unpaired) electrons. The van der Waals surface area contributed by atoms with Crippen LogP contribution in [0.4, 0.5) is 0 Å². The standard InChI is InChI=1S/C25H31N3O2S/c1-5-28(6-2)17-7-16-26-24(29)23-18(3)27-25(31-23)21-10-8-19(9-11-21)20-12-14-22(30-4)15-13-20/h8-15H,5-7,16-17H2,1-4H3,(H,26,29). The number of ether oxygens (including phenoxy) is 1. The van der Waals surface area contributed by atoms with Crippen LogP contribution < -0.4 is 10.1 Å². The van der Waals surface area contributed by atoms with Crippen LogP contribution in [0.25, 0.3) is 21.7 Å². The lowest BCUT2D eigenvalue weighted by Gasteiger charge is -2.17. The number of aromatic nitrogens is 1. The van der Waals surface area contributed by atoms with Crippen LogP contribution in [0.5, 0.6) is 5.75 Å². The zero-order valence-corrected chi connectivity index (χ0v) is 19.6. The van der Waals surface area contributed by atoms with Crippen molar-refractivity contribution in [2.24, 2.45) is 0 Å². The number of hydrogen-bond acceptors (Lipinski definition) is 5. The molecular weight excluding hydrogens is 406 g/mol. The molecule has 0 aliphatic heterocycles. The largest absolute Gasteiger partial charge is 0.497 e. The van der Waals surface area contributed by atoms with Crippen molar-refractivity contribution in [2.75, 3.05) is 33.3 Å². The van der Waals surface area contributed by atoms with Crippen LogP contribution >= 0.6 is 11.3 Å². The predicted molar refractivity (Wildman–Crippen MR) is 129 cm³/mol. The summed E-state index contributed by atoms with van der Waals surface area (Å²) in [5.41, 5.74) is 4.06. The Balaban J connectivity index is 1.63. The van der Waals surface area contributed by atoms with Crippen molar-refractivity contribution in [1.82, 2.24) is 15.2 Å². The van der Waals surface area contributed by atoms with Crippen LogP contribution in [0.1, 0.15) is 35.6 Å². The number of nitrogens with zero attached hydrogens (tertiary/aromatic N) is 2. The van der Waals surface area contributed by atoms with Crippen LogP contribution in [0, 0.1) is 6.92 Å². The summed E-state index contributed by atoms with van der Waals surface area (Å²) in [7, 11) is 1.67. The highest BCUT2D eigenvalue weighted by molar-refractivity contribution is 7.17. The summed E-state index contributed by atoms with van der Waals surface area (Å²) >= 11 is 1.45. The fourth-order valence-electron chi connectivity index (χ4n) is 3.44. The molecule has 0 aliphatic carbocycles. The molecular formula is C25H31N3O2S. The van der Waals surface area contributed by atoms with Crippen LogP contribution in [0.15, 0.2) is 48.5 Å². The summed E-state index contributed by atoms with van der Waals surface area (Å²) in [6.45, 7) is 9.98. The van der Waals surface area contributed by atoms with Crippen LogP contribution in [0.2, 0.25) is 0 Å². The molecule has 1 amide bonds. The average molecular weight is 438 g/mol. The zero-order valence-electron chi connectivity index (χ0n) is 18.8. The van der Waals surface area contributed by atoms with E-state index >= 15 is 0 Å². The number of amides is 1. The van der Waals surface area contributed by atoms with Gasteiger partial charge in [-0.05, 0) is 56.2 Å². The highest BCUT2D eigenvalue weighted by atomic mass is 32.1. The first-order valence-electron chi connectivity index (χ1n) is 10.8. The molecule has 0 spiro atoms. The summed E-state index contributed by atoms with van der Waals surface area (Å²) in [5, 5.41) is 3.91. The Morgan fingerprint density at radius 2 is 1.58 bits per heavy atom. The van der Waals surface area contributed by atoms with Gasteiger partial charge in [0.05, 0.1) is 12.8 Å². The highest BCUT2D eigenvalue weighted by Gasteiger charge is 2.16. The first kappa shape index (κ1) is 23.0. The van der Waals surface area contributed by atoms with Gasteiger partial charge in [0.2, 0.25) is 0 Å². The highest BCUT2D eigenvalue weighted by Crippen LogP contribution is 2.30. The predicted octanol–water partition coefficient (Wildman–Crippen LogP) is 5.26. The fraction of sp³-hybridized carbons (Fsp3) is 0.360. The number of carbonyl (C=O) groups excluding carboxylic acids is 1. The number of hydrogen-bond donors (Lipinski definition) is 1. The van der Waals surface area contributed by atoms with Crippen LogP contribution in [-0.2, 0) is 0 Å². The summed E-state index contributed by atoms with van der Waals surface area (Å²) in [4.78, 5) is 20.3. The molecule has 0 bridgehead atoms. The first-order chi connectivity index (χ1) is 15.0. The van der Waals surface area contributed by atoms with Crippen molar-refractivity contribution in [3.05, 3.63) is 59.1 Å². The van der Waals surface area contributed by atoms with Gasteiger partial charge in [0.25, 0.3) is 5.91 Å². The van der Waals surface area contributed by atoms with Gasteiger partial charge in [-0.1, -0.05) is 50.2 Å². The van der Waals surface area contributed by atoms with Gasteiger partial charge in [0.15, 0.2) is 0 Å². The molecule has 3 rings (SSSR count). The number of nitrogens with one attached hydrogen (secondary N) is 1. The molecule has 0 unspecified atom stereocenters. The second-order valence-electron chi connectivity index (χ2n) is 7.38. The van der Waals surface area contributed by atoms with Gasteiger partial charge in [0.1, 0.15) is 15.6 Å². The van der Waals surface area contributed by atoms with Gasteiger partial charge in [-0.15, -0.1) is 11.3 Å². The quantitative estimate of drug-likeness (QED) is 0.440. The van der Waals surface area contributed by atoms with Crippen molar-refractivity contribution < 1.29 is 9.53 Å². The zero-order chi connectivity index (χ0) is 22.2. The SMILES string of the molecule is CCN(CC)CCCNC(=O)c1sc(-c2ccc(-c3ccc(OC)cc3)cc2)nc1C. The second kappa shape index (κ2) is 11.1. The number of methoxy groups -OCH3 is 1. The van der Waals surface area contributed by atoms with E-state index in [-0.39, 0.29) is 5.91 Å². The number of carbonyl (C=O) groups is 1. The molecule has 0 atom stereocenters. The maximum atomic E-state index is 12.6. The van der Waals surface area contributed by atoms with Gasteiger partial charge >= 0.3 is 0 Å². The Morgan fingerprint density at radius 3 is 2.16 bits per heavy atom. The van der Waals surface area contributed by atoms with E-state index in [0.29, 0.717) is 11.4 Å². The first-order valence-corrected chi connectivity index (χ1v) is 11.6. The molecule has 6 heteroatoms. The normalized spacial score (nSPS) is 11.0. The van der Waals surface area contributed by atoms with Gasteiger partial charge in [-0.25, -0.2) is 4.98 Å². The van der Waals surface area contributed by atoms with E-state index in [0.717, 1.165) is 59.2 Å².